The van der Waals surface area contributed by atoms with Crippen LogP contribution in [0.15, 0.2) is 71.6 Å². The van der Waals surface area contributed by atoms with Gasteiger partial charge in [-0.05, 0) is 47.2 Å². The summed E-state index contributed by atoms with van der Waals surface area (Å²) >= 11 is 1.39. The highest BCUT2D eigenvalue weighted by atomic mass is 32.2. The second-order valence-corrected chi connectivity index (χ2v) is 6.53. The molecule has 3 aromatic rings. The molecular weight excluding hydrogens is 334 g/mol. The number of nitrogens with one attached hydrogen (secondary N) is 1. The molecule has 0 bridgehead atoms. The van der Waals surface area contributed by atoms with Crippen molar-refractivity contribution in [2.75, 3.05) is 11.1 Å². The van der Waals surface area contributed by atoms with Crippen molar-refractivity contribution < 1.29 is 14.3 Å². The summed E-state index contributed by atoms with van der Waals surface area (Å²) < 4.78 is 5.40. The summed E-state index contributed by atoms with van der Waals surface area (Å²) in [5.74, 6) is 0.350. The van der Waals surface area contributed by atoms with Crippen LogP contribution in [0.25, 0.3) is 10.8 Å². The molecular formula is C20H17NO3S. The standard InChI is InChI=1S/C20H17NO3S/c1-14(22)21-17-7-10-19(11-8-17)25-13-20(23)24-18-9-6-15-4-2-3-5-16(15)12-18/h2-12H,13H2,1H3,(H,21,22). The van der Waals surface area contributed by atoms with Gasteiger partial charge in [0.2, 0.25) is 5.91 Å². The topological polar surface area (TPSA) is 55.4 Å². The molecule has 0 aliphatic rings. The Kier molecular flexibility index (Phi) is 5.36. The van der Waals surface area contributed by atoms with Gasteiger partial charge in [-0.2, -0.15) is 0 Å². The molecule has 3 rings (SSSR count). The average Bonchev–Trinajstić information content (AvgIpc) is 2.60. The van der Waals surface area contributed by atoms with E-state index >= 15 is 0 Å². The zero-order chi connectivity index (χ0) is 17.6. The molecule has 0 aliphatic carbocycles. The predicted octanol–water partition coefficient (Wildman–Crippen LogP) is 4.50. The van der Waals surface area contributed by atoms with Crippen molar-refractivity contribution in [3.63, 3.8) is 0 Å². The second-order valence-electron chi connectivity index (χ2n) is 5.48. The lowest BCUT2D eigenvalue weighted by Gasteiger charge is -2.06. The predicted molar refractivity (Wildman–Crippen MR) is 101 cm³/mol. The minimum absolute atomic E-state index is 0.112. The number of rotatable bonds is 5. The Morgan fingerprint density at radius 1 is 0.960 bits per heavy atom. The van der Waals surface area contributed by atoms with Crippen LogP contribution in [0.5, 0.6) is 5.75 Å². The van der Waals surface area contributed by atoms with E-state index in [1.165, 1.54) is 18.7 Å². The molecule has 5 heteroatoms. The fraction of sp³-hybridized carbons (Fsp3) is 0.100. The van der Waals surface area contributed by atoms with Crippen molar-refractivity contribution in [3.8, 4) is 5.75 Å². The summed E-state index contributed by atoms with van der Waals surface area (Å²) in [5.41, 5.74) is 0.732. The molecule has 126 valence electrons. The second kappa shape index (κ2) is 7.85. The number of carbonyl (C=O) groups excluding carboxylic acids is 2. The number of thioether (sulfide) groups is 1. The molecule has 0 aliphatic heterocycles. The van der Waals surface area contributed by atoms with E-state index in [2.05, 4.69) is 5.32 Å². The molecule has 0 saturated heterocycles. The van der Waals surface area contributed by atoms with E-state index in [1.54, 1.807) is 18.2 Å². The van der Waals surface area contributed by atoms with Crippen LogP contribution in [-0.2, 0) is 9.59 Å². The minimum atomic E-state index is -0.300. The molecule has 0 unspecified atom stereocenters. The van der Waals surface area contributed by atoms with Gasteiger partial charge in [0, 0.05) is 17.5 Å². The van der Waals surface area contributed by atoms with Crippen molar-refractivity contribution in [2.45, 2.75) is 11.8 Å². The van der Waals surface area contributed by atoms with Crippen molar-refractivity contribution in [1.29, 1.82) is 0 Å². The Morgan fingerprint density at radius 3 is 2.40 bits per heavy atom. The minimum Gasteiger partial charge on any atom is -0.426 e. The summed E-state index contributed by atoms with van der Waals surface area (Å²) in [4.78, 5) is 24.0. The molecule has 1 amide bonds. The molecule has 0 fully saturated rings. The van der Waals surface area contributed by atoms with Crippen LogP contribution in [0.2, 0.25) is 0 Å². The lowest BCUT2D eigenvalue weighted by molar-refractivity contribution is -0.131. The first-order valence-electron chi connectivity index (χ1n) is 7.80. The Balaban J connectivity index is 1.55. The monoisotopic (exact) mass is 351 g/mol. The number of ether oxygens (including phenoxy) is 1. The molecule has 0 radical (unpaired) electrons. The van der Waals surface area contributed by atoms with Crippen LogP contribution in [-0.4, -0.2) is 17.6 Å². The molecule has 0 aromatic heterocycles. The maximum absolute atomic E-state index is 12.0. The van der Waals surface area contributed by atoms with Crippen LogP contribution < -0.4 is 10.1 Å². The van der Waals surface area contributed by atoms with Crippen molar-refractivity contribution >= 4 is 40.1 Å². The third-order valence-electron chi connectivity index (χ3n) is 3.48. The number of esters is 1. The van der Waals surface area contributed by atoms with Crippen LogP contribution in [0, 0.1) is 0 Å². The maximum Gasteiger partial charge on any atom is 0.321 e. The Labute approximate surface area is 150 Å². The number of carbonyl (C=O) groups is 2. The van der Waals surface area contributed by atoms with Crippen molar-refractivity contribution in [2.24, 2.45) is 0 Å². The van der Waals surface area contributed by atoms with Crippen LogP contribution in [0.3, 0.4) is 0 Å². The van der Waals surface area contributed by atoms with Crippen LogP contribution in [0.1, 0.15) is 6.92 Å². The van der Waals surface area contributed by atoms with E-state index < -0.39 is 0 Å². The summed E-state index contributed by atoms with van der Waals surface area (Å²) in [6, 6.07) is 20.9. The van der Waals surface area contributed by atoms with Gasteiger partial charge in [-0.1, -0.05) is 30.3 Å². The van der Waals surface area contributed by atoms with E-state index in [1.807, 2.05) is 48.5 Å². The first-order chi connectivity index (χ1) is 12.1. The summed E-state index contributed by atoms with van der Waals surface area (Å²) in [6.07, 6.45) is 0. The Bertz CT molecular complexity index is 906. The van der Waals surface area contributed by atoms with Crippen molar-refractivity contribution in [3.05, 3.63) is 66.7 Å². The van der Waals surface area contributed by atoms with Gasteiger partial charge in [-0.15, -0.1) is 11.8 Å². The highest BCUT2D eigenvalue weighted by molar-refractivity contribution is 8.00. The molecule has 0 saturated carbocycles. The van der Waals surface area contributed by atoms with Gasteiger partial charge in [-0.3, -0.25) is 9.59 Å². The summed E-state index contributed by atoms with van der Waals surface area (Å²) in [7, 11) is 0. The maximum atomic E-state index is 12.0. The van der Waals surface area contributed by atoms with Gasteiger partial charge in [-0.25, -0.2) is 0 Å². The lowest BCUT2D eigenvalue weighted by Crippen LogP contribution is -2.10. The van der Waals surface area contributed by atoms with Crippen molar-refractivity contribution in [1.82, 2.24) is 0 Å². The van der Waals surface area contributed by atoms with Gasteiger partial charge in [0.25, 0.3) is 0 Å². The van der Waals surface area contributed by atoms with Gasteiger partial charge in [0.1, 0.15) is 5.75 Å². The number of hydrogen-bond donors (Lipinski definition) is 1. The third-order valence-corrected chi connectivity index (χ3v) is 4.47. The highest BCUT2D eigenvalue weighted by Gasteiger charge is 2.07. The molecule has 4 nitrogen and oxygen atoms in total. The fourth-order valence-electron chi connectivity index (χ4n) is 2.37. The number of benzene rings is 3. The molecule has 0 heterocycles. The number of amides is 1. The first kappa shape index (κ1) is 17.0. The lowest BCUT2D eigenvalue weighted by atomic mass is 10.1. The van der Waals surface area contributed by atoms with Gasteiger partial charge in [0.05, 0.1) is 5.75 Å². The quantitative estimate of drug-likeness (QED) is 0.418. The third kappa shape index (κ3) is 4.84. The fourth-order valence-corrected chi connectivity index (χ4v) is 3.04. The van der Waals surface area contributed by atoms with E-state index in [4.69, 9.17) is 4.74 Å². The SMILES string of the molecule is CC(=O)Nc1ccc(SCC(=O)Oc2ccc3ccccc3c2)cc1. The molecule has 25 heavy (non-hydrogen) atoms. The largest absolute Gasteiger partial charge is 0.426 e. The normalized spacial score (nSPS) is 10.4. The first-order valence-corrected chi connectivity index (χ1v) is 8.79. The van der Waals surface area contributed by atoms with E-state index in [0.717, 1.165) is 21.4 Å². The smallest absolute Gasteiger partial charge is 0.321 e. The van der Waals surface area contributed by atoms with E-state index in [9.17, 15) is 9.59 Å². The van der Waals surface area contributed by atoms with Crippen LogP contribution in [0.4, 0.5) is 5.69 Å². The molecule has 0 atom stereocenters. The zero-order valence-corrected chi connectivity index (χ0v) is 14.5. The number of fused-ring (bicyclic) bond motifs is 1. The van der Waals surface area contributed by atoms with Crippen LogP contribution >= 0.6 is 11.8 Å². The number of anilines is 1. The average molecular weight is 351 g/mol. The van der Waals surface area contributed by atoms with Gasteiger partial charge >= 0.3 is 5.97 Å². The van der Waals surface area contributed by atoms with E-state index in [-0.39, 0.29) is 17.6 Å². The number of hydrogen-bond acceptors (Lipinski definition) is 4. The van der Waals surface area contributed by atoms with Gasteiger partial charge in [0.15, 0.2) is 0 Å². The molecule has 1 N–H and O–H groups in total. The molecule has 3 aromatic carbocycles. The summed E-state index contributed by atoms with van der Waals surface area (Å²) in [6.45, 7) is 1.46. The van der Waals surface area contributed by atoms with E-state index in [0.29, 0.717) is 5.75 Å². The zero-order valence-electron chi connectivity index (χ0n) is 13.7. The Morgan fingerprint density at radius 2 is 1.68 bits per heavy atom. The Hall–Kier alpha value is -2.79. The molecule has 0 spiro atoms. The van der Waals surface area contributed by atoms with Gasteiger partial charge < -0.3 is 10.1 Å². The highest BCUT2D eigenvalue weighted by Crippen LogP contribution is 2.23. The summed E-state index contributed by atoms with van der Waals surface area (Å²) in [5, 5.41) is 4.85.